The van der Waals surface area contributed by atoms with Gasteiger partial charge in [0.25, 0.3) is 0 Å². The van der Waals surface area contributed by atoms with Gasteiger partial charge in [-0.1, -0.05) is 78.9 Å². The number of hydrogen-bond donors (Lipinski definition) is 1. The molecule has 2 aromatic heterocycles. The Morgan fingerprint density at radius 3 is 1.78 bits per heavy atom. The van der Waals surface area contributed by atoms with Gasteiger partial charge in [-0.2, -0.15) is 0 Å². The lowest BCUT2D eigenvalue weighted by Gasteiger charge is -2.25. The van der Waals surface area contributed by atoms with Crippen LogP contribution in [0, 0.1) is 0 Å². The highest BCUT2D eigenvalue weighted by atomic mass is 16.3. The van der Waals surface area contributed by atoms with E-state index in [1.165, 1.54) is 21.5 Å². The summed E-state index contributed by atoms with van der Waals surface area (Å²) in [5.41, 5.74) is 7.28. The molecule has 0 fully saturated rings. The van der Waals surface area contributed by atoms with Crippen molar-refractivity contribution in [3.8, 4) is 0 Å². The molecule has 8 aromatic rings. The van der Waals surface area contributed by atoms with Crippen molar-refractivity contribution in [3.63, 3.8) is 0 Å². The molecule has 37 heavy (non-hydrogen) atoms. The van der Waals surface area contributed by atoms with Crippen LogP contribution in [0.2, 0.25) is 0 Å². The van der Waals surface area contributed by atoms with Crippen LogP contribution in [0.4, 0.5) is 17.1 Å². The highest BCUT2D eigenvalue weighted by Gasteiger charge is 2.20. The normalized spacial score (nSPS) is 11.8. The number of anilines is 3. The van der Waals surface area contributed by atoms with Crippen molar-refractivity contribution in [3.05, 3.63) is 127 Å². The summed E-state index contributed by atoms with van der Waals surface area (Å²) in [4.78, 5) is 5.95. The molecule has 0 saturated heterocycles. The van der Waals surface area contributed by atoms with Gasteiger partial charge in [-0.3, -0.25) is 0 Å². The van der Waals surface area contributed by atoms with Crippen molar-refractivity contribution < 1.29 is 4.42 Å². The number of rotatable bonds is 3. The molecule has 0 radical (unpaired) electrons. The van der Waals surface area contributed by atoms with Crippen LogP contribution in [0.25, 0.3) is 54.5 Å². The highest BCUT2D eigenvalue weighted by molar-refractivity contribution is 6.34. The molecule has 0 aliphatic carbocycles. The molecule has 1 N–H and O–H groups in total. The second-order valence-corrected chi connectivity index (χ2v) is 9.46. The number of aromatic nitrogens is 1. The van der Waals surface area contributed by atoms with Crippen LogP contribution in [0.1, 0.15) is 0 Å². The van der Waals surface area contributed by atoms with Gasteiger partial charge in [-0.15, -0.1) is 0 Å². The lowest BCUT2D eigenvalue weighted by Crippen LogP contribution is -2.09. The van der Waals surface area contributed by atoms with E-state index in [0.29, 0.717) is 0 Å². The maximum Gasteiger partial charge on any atom is 0.160 e. The van der Waals surface area contributed by atoms with Crippen molar-refractivity contribution >= 4 is 71.6 Å². The van der Waals surface area contributed by atoms with Gasteiger partial charge in [0.05, 0.1) is 5.52 Å². The third-order valence-corrected chi connectivity index (χ3v) is 7.36. The Morgan fingerprint density at radius 2 is 1.08 bits per heavy atom. The Hall–Kier alpha value is -5.02. The van der Waals surface area contributed by atoms with Crippen LogP contribution in [-0.2, 0) is 0 Å². The quantitative estimate of drug-likeness (QED) is 0.276. The molecule has 0 spiro atoms. The van der Waals surface area contributed by atoms with Crippen molar-refractivity contribution in [2.24, 2.45) is 0 Å². The average Bonchev–Trinajstić information content (AvgIpc) is 3.54. The summed E-state index contributed by atoms with van der Waals surface area (Å²) in [6, 6.07) is 44.7. The molecule has 0 saturated carbocycles. The predicted molar refractivity (Wildman–Crippen MR) is 155 cm³/mol. The Balaban J connectivity index is 1.48. The number of hydrogen-bond acceptors (Lipinski definition) is 2. The van der Waals surface area contributed by atoms with Gasteiger partial charge in [-0.05, 0) is 59.3 Å². The van der Waals surface area contributed by atoms with E-state index in [4.69, 9.17) is 4.42 Å². The molecular formula is C34H22N2O. The molecule has 0 unspecified atom stereocenters. The number of fused-ring (bicyclic) bond motifs is 10. The molecular weight excluding hydrogens is 452 g/mol. The fourth-order valence-electron chi connectivity index (χ4n) is 5.78. The maximum absolute atomic E-state index is 6.60. The lowest BCUT2D eigenvalue weighted by molar-refractivity contribution is 0.672. The Labute approximate surface area is 213 Å². The first-order valence-electron chi connectivity index (χ1n) is 12.5. The van der Waals surface area contributed by atoms with Crippen molar-refractivity contribution in [1.29, 1.82) is 0 Å². The van der Waals surface area contributed by atoms with Crippen LogP contribution in [0.3, 0.4) is 0 Å². The Bertz CT molecular complexity index is 2050. The summed E-state index contributed by atoms with van der Waals surface area (Å²) in [5, 5.41) is 7.13. The van der Waals surface area contributed by atoms with E-state index in [-0.39, 0.29) is 0 Å². The van der Waals surface area contributed by atoms with Gasteiger partial charge in [0.15, 0.2) is 5.58 Å². The van der Waals surface area contributed by atoms with Crippen LogP contribution >= 0.6 is 0 Å². The summed E-state index contributed by atoms with van der Waals surface area (Å²) >= 11 is 0. The lowest BCUT2D eigenvalue weighted by atomic mass is 9.98. The molecule has 6 aromatic carbocycles. The van der Waals surface area contributed by atoms with E-state index in [1.54, 1.807) is 0 Å². The minimum Gasteiger partial charge on any atom is -0.454 e. The predicted octanol–water partition coefficient (Wildman–Crippen LogP) is 9.84. The third-order valence-electron chi connectivity index (χ3n) is 7.36. The summed E-state index contributed by atoms with van der Waals surface area (Å²) in [6.07, 6.45) is 0. The van der Waals surface area contributed by atoms with E-state index >= 15 is 0 Å². The molecule has 0 amide bonds. The molecule has 3 heteroatoms. The van der Waals surface area contributed by atoms with Crippen LogP contribution in [-0.4, -0.2) is 4.98 Å². The Kier molecular flexibility index (Phi) is 4.23. The number of para-hydroxylation sites is 3. The van der Waals surface area contributed by atoms with Crippen molar-refractivity contribution in [2.75, 3.05) is 4.90 Å². The van der Waals surface area contributed by atoms with Crippen LogP contribution in [0.5, 0.6) is 0 Å². The maximum atomic E-state index is 6.60. The monoisotopic (exact) mass is 474 g/mol. The van der Waals surface area contributed by atoms with Gasteiger partial charge in [0.1, 0.15) is 5.58 Å². The van der Waals surface area contributed by atoms with Crippen LogP contribution < -0.4 is 4.90 Å². The van der Waals surface area contributed by atoms with Gasteiger partial charge < -0.3 is 14.3 Å². The van der Waals surface area contributed by atoms with E-state index in [1.807, 2.05) is 0 Å². The zero-order valence-electron chi connectivity index (χ0n) is 20.0. The first-order chi connectivity index (χ1) is 18.4. The SMILES string of the molecule is c1ccc(N(c2ccccc2)c2ccc3oc4c5[nH]c6ccccc6c5c5ccccc5c4c3c2)cc1. The number of aromatic amines is 1. The number of benzene rings is 6. The fourth-order valence-corrected chi connectivity index (χ4v) is 5.78. The Morgan fingerprint density at radius 1 is 0.486 bits per heavy atom. The van der Waals surface area contributed by atoms with Crippen molar-refractivity contribution in [1.82, 2.24) is 4.98 Å². The smallest absolute Gasteiger partial charge is 0.160 e. The molecule has 2 heterocycles. The molecule has 0 aliphatic rings. The van der Waals surface area contributed by atoms with E-state index in [9.17, 15) is 0 Å². The minimum atomic E-state index is 0.885. The molecule has 3 nitrogen and oxygen atoms in total. The van der Waals surface area contributed by atoms with Gasteiger partial charge in [0, 0.05) is 44.1 Å². The molecule has 174 valence electrons. The zero-order chi connectivity index (χ0) is 24.3. The van der Waals surface area contributed by atoms with Gasteiger partial charge in [-0.25, -0.2) is 0 Å². The summed E-state index contributed by atoms with van der Waals surface area (Å²) in [5.74, 6) is 0. The minimum absolute atomic E-state index is 0.885. The summed E-state index contributed by atoms with van der Waals surface area (Å²) in [6.45, 7) is 0. The van der Waals surface area contributed by atoms with E-state index < -0.39 is 0 Å². The fraction of sp³-hybridized carbons (Fsp3) is 0. The number of nitrogens with zero attached hydrogens (tertiary/aromatic N) is 1. The standard InChI is InChI=1S/C34H22N2O/c1-3-11-22(12-4-1)36(23-13-5-2-6-14-23)24-19-20-30-28(21-24)32-26-16-8-7-15-25(26)31-27-17-9-10-18-29(27)35-33(31)34(32)37-30/h1-21,35H. The van der Waals surface area contributed by atoms with E-state index in [2.05, 4.69) is 137 Å². The molecule has 0 bridgehead atoms. The molecule has 0 atom stereocenters. The van der Waals surface area contributed by atoms with Crippen LogP contribution in [0.15, 0.2) is 132 Å². The number of furan rings is 1. The van der Waals surface area contributed by atoms with Gasteiger partial charge in [0.2, 0.25) is 0 Å². The first-order valence-corrected chi connectivity index (χ1v) is 12.5. The van der Waals surface area contributed by atoms with E-state index in [0.717, 1.165) is 50.0 Å². The molecule has 8 rings (SSSR count). The number of nitrogens with one attached hydrogen (secondary N) is 1. The first kappa shape index (κ1) is 20.2. The van der Waals surface area contributed by atoms with Crippen molar-refractivity contribution in [2.45, 2.75) is 0 Å². The third kappa shape index (κ3) is 2.95. The highest BCUT2D eigenvalue weighted by Crippen LogP contribution is 2.45. The topological polar surface area (TPSA) is 32.2 Å². The second-order valence-electron chi connectivity index (χ2n) is 9.46. The largest absolute Gasteiger partial charge is 0.454 e. The zero-order valence-corrected chi connectivity index (χ0v) is 20.0. The number of H-pyrrole nitrogens is 1. The second kappa shape index (κ2) is 7.74. The van der Waals surface area contributed by atoms with Gasteiger partial charge >= 0.3 is 0 Å². The molecule has 0 aliphatic heterocycles. The summed E-state index contributed by atoms with van der Waals surface area (Å²) in [7, 11) is 0. The summed E-state index contributed by atoms with van der Waals surface area (Å²) < 4.78 is 6.60. The average molecular weight is 475 g/mol.